The highest BCUT2D eigenvalue weighted by Crippen LogP contribution is 2.37. The molecule has 0 aliphatic carbocycles. The van der Waals surface area contributed by atoms with Gasteiger partial charge in [0.25, 0.3) is 10.0 Å². The molecule has 0 unspecified atom stereocenters. The number of pyridine rings is 1. The first-order valence-electron chi connectivity index (χ1n) is 9.48. The predicted octanol–water partition coefficient (Wildman–Crippen LogP) is 4.31. The number of benzene rings is 1. The van der Waals surface area contributed by atoms with Crippen LogP contribution in [0.5, 0.6) is 0 Å². The van der Waals surface area contributed by atoms with Crippen LogP contribution in [0.25, 0.3) is 0 Å². The second-order valence-electron chi connectivity index (χ2n) is 7.73. The van der Waals surface area contributed by atoms with Gasteiger partial charge in [0.05, 0.1) is 12.2 Å². The second-order valence-corrected chi connectivity index (χ2v) is 9.76. The van der Waals surface area contributed by atoms with Crippen LogP contribution in [-0.4, -0.2) is 18.6 Å². The number of halogens is 1. The third kappa shape index (κ3) is 4.04. The molecule has 1 aliphatic rings. The highest BCUT2D eigenvalue weighted by atomic mass is 35.5. The Morgan fingerprint density at radius 1 is 1.23 bits per heavy atom. The molecule has 2 aromatic heterocycles. The molecule has 3 heterocycles. The fourth-order valence-corrected chi connectivity index (χ4v) is 4.64. The van der Waals surface area contributed by atoms with E-state index in [4.69, 9.17) is 20.9 Å². The zero-order chi connectivity index (χ0) is 22.4. The van der Waals surface area contributed by atoms with Gasteiger partial charge in [-0.25, -0.2) is 13.4 Å². The number of aryl methyl sites for hydroxylation is 2. The minimum Gasteiger partial charge on any atom is -0.366 e. The molecular formula is C22H20ClN3O4S. The minimum atomic E-state index is -4.04. The first-order chi connectivity index (χ1) is 14.6. The second kappa shape index (κ2) is 7.68. The predicted molar refractivity (Wildman–Crippen MR) is 116 cm³/mol. The summed E-state index contributed by atoms with van der Waals surface area (Å²) >= 11 is 6.03. The van der Waals surface area contributed by atoms with Crippen LogP contribution < -0.4 is 4.72 Å². The molecule has 160 valence electrons. The van der Waals surface area contributed by atoms with Crippen LogP contribution in [-0.2, 0) is 27.0 Å². The largest absolute Gasteiger partial charge is 0.366 e. The average Bonchev–Trinajstić information content (AvgIpc) is 3.18. The number of hydrogen-bond donors (Lipinski definition) is 1. The van der Waals surface area contributed by atoms with E-state index in [1.165, 1.54) is 18.3 Å². The van der Waals surface area contributed by atoms with Crippen molar-refractivity contribution in [2.75, 3.05) is 4.72 Å². The number of rotatable bonds is 3. The summed E-state index contributed by atoms with van der Waals surface area (Å²) in [5.41, 5.74) is 3.71. The monoisotopic (exact) mass is 457 g/mol. The average molecular weight is 458 g/mol. The Kier molecular flexibility index (Phi) is 5.30. The fraction of sp³-hybridized carbons (Fsp3) is 0.273. The van der Waals surface area contributed by atoms with E-state index in [1.807, 2.05) is 26.8 Å². The molecule has 1 aliphatic heterocycles. The first-order valence-corrected chi connectivity index (χ1v) is 11.3. The molecule has 31 heavy (non-hydrogen) atoms. The quantitative estimate of drug-likeness (QED) is 0.589. The lowest BCUT2D eigenvalue weighted by Crippen LogP contribution is -2.15. The van der Waals surface area contributed by atoms with Crippen LogP contribution in [0.1, 0.15) is 47.6 Å². The van der Waals surface area contributed by atoms with Gasteiger partial charge in [0.1, 0.15) is 15.6 Å². The molecule has 0 fully saturated rings. The van der Waals surface area contributed by atoms with Crippen molar-refractivity contribution in [3.63, 3.8) is 0 Å². The molecule has 1 aromatic carbocycles. The van der Waals surface area contributed by atoms with E-state index in [2.05, 4.69) is 32.8 Å². The van der Waals surface area contributed by atoms with E-state index in [0.29, 0.717) is 12.4 Å². The van der Waals surface area contributed by atoms with E-state index in [-0.39, 0.29) is 21.4 Å². The Morgan fingerprint density at radius 3 is 2.71 bits per heavy atom. The van der Waals surface area contributed by atoms with Gasteiger partial charge in [0.15, 0.2) is 5.76 Å². The molecule has 0 bridgehead atoms. The van der Waals surface area contributed by atoms with Crippen molar-refractivity contribution in [3.05, 3.63) is 69.2 Å². The summed E-state index contributed by atoms with van der Waals surface area (Å²) in [7, 11) is -4.04. The lowest BCUT2D eigenvalue weighted by atomic mass is 9.92. The summed E-state index contributed by atoms with van der Waals surface area (Å²) in [6.07, 6.45) is 1.49. The number of anilines is 1. The van der Waals surface area contributed by atoms with Gasteiger partial charge in [-0.05, 0) is 68.5 Å². The van der Waals surface area contributed by atoms with Crippen LogP contribution in [0.2, 0.25) is 5.02 Å². The van der Waals surface area contributed by atoms with Gasteiger partial charge in [-0.3, -0.25) is 4.72 Å². The molecule has 0 saturated heterocycles. The lowest BCUT2D eigenvalue weighted by Gasteiger charge is -2.18. The number of nitrogens with zero attached hydrogens (tertiary/aromatic N) is 2. The molecule has 9 heteroatoms. The molecule has 0 amide bonds. The number of nitrogens with one attached hydrogen (secondary N) is 1. The highest BCUT2D eigenvalue weighted by Gasteiger charge is 2.31. The van der Waals surface area contributed by atoms with Gasteiger partial charge in [-0.1, -0.05) is 28.7 Å². The van der Waals surface area contributed by atoms with E-state index in [1.54, 1.807) is 6.92 Å². The molecule has 0 saturated carbocycles. The lowest BCUT2D eigenvalue weighted by molar-refractivity contribution is -0.00790. The van der Waals surface area contributed by atoms with Gasteiger partial charge in [0, 0.05) is 11.8 Å². The van der Waals surface area contributed by atoms with E-state index >= 15 is 0 Å². The third-order valence-corrected chi connectivity index (χ3v) is 6.90. The zero-order valence-electron chi connectivity index (χ0n) is 17.4. The SMILES string of the molecule is Cc1cc2c(cc1C#Cc1ncccc1S(=O)(=O)Nc1noc(C)c1Cl)C(C)(C)OC2. The first kappa shape index (κ1) is 21.4. The van der Waals surface area contributed by atoms with Crippen LogP contribution in [0.3, 0.4) is 0 Å². The fourth-order valence-electron chi connectivity index (χ4n) is 3.35. The number of hydrogen-bond acceptors (Lipinski definition) is 6. The number of aromatic nitrogens is 2. The minimum absolute atomic E-state index is 0.0818. The Morgan fingerprint density at radius 2 is 2.00 bits per heavy atom. The number of fused-ring (bicyclic) bond motifs is 1. The van der Waals surface area contributed by atoms with Crippen molar-refractivity contribution >= 4 is 27.4 Å². The van der Waals surface area contributed by atoms with E-state index in [0.717, 1.165) is 22.3 Å². The maximum Gasteiger partial charge on any atom is 0.266 e. The maximum absolute atomic E-state index is 12.9. The van der Waals surface area contributed by atoms with Crippen molar-refractivity contribution in [3.8, 4) is 11.8 Å². The van der Waals surface area contributed by atoms with Crippen LogP contribution in [0.15, 0.2) is 39.9 Å². The van der Waals surface area contributed by atoms with Gasteiger partial charge in [0.2, 0.25) is 5.82 Å². The normalized spacial score (nSPS) is 14.6. The van der Waals surface area contributed by atoms with Gasteiger partial charge in [-0.2, -0.15) is 0 Å². The Labute approximate surface area is 185 Å². The Hall–Kier alpha value is -2.86. The molecule has 0 atom stereocenters. The Balaban J connectivity index is 1.72. The molecule has 0 spiro atoms. The van der Waals surface area contributed by atoms with Crippen molar-refractivity contribution in [1.29, 1.82) is 0 Å². The molecule has 3 aromatic rings. The zero-order valence-corrected chi connectivity index (χ0v) is 19.0. The Bertz CT molecular complexity index is 1350. The van der Waals surface area contributed by atoms with E-state index < -0.39 is 15.6 Å². The van der Waals surface area contributed by atoms with Crippen molar-refractivity contribution in [1.82, 2.24) is 10.1 Å². The molecule has 4 rings (SSSR count). The van der Waals surface area contributed by atoms with Crippen LogP contribution >= 0.6 is 11.6 Å². The molecular weight excluding hydrogens is 438 g/mol. The summed E-state index contributed by atoms with van der Waals surface area (Å²) in [4.78, 5) is 4.08. The summed E-state index contributed by atoms with van der Waals surface area (Å²) in [5, 5.41) is 3.74. The summed E-state index contributed by atoms with van der Waals surface area (Å²) in [6.45, 7) is 8.13. The van der Waals surface area contributed by atoms with Gasteiger partial charge >= 0.3 is 0 Å². The number of ether oxygens (including phenoxy) is 1. The van der Waals surface area contributed by atoms with E-state index in [9.17, 15) is 8.42 Å². The summed E-state index contributed by atoms with van der Waals surface area (Å²) in [6, 6.07) is 7.00. The standard InChI is InChI=1S/C22H20ClN3O4S/c1-13-10-16-12-29-22(3,4)17(16)11-15(13)7-8-18-19(6-5-9-24-18)31(27,28)26-21-20(23)14(2)30-25-21/h5-6,9-11H,12H2,1-4H3,(H,25,26). The smallest absolute Gasteiger partial charge is 0.266 e. The summed E-state index contributed by atoms with van der Waals surface area (Å²) < 4.78 is 38.9. The molecule has 1 N–H and O–H groups in total. The molecule has 7 nitrogen and oxygen atoms in total. The summed E-state index contributed by atoms with van der Waals surface area (Å²) in [5.74, 6) is 6.20. The van der Waals surface area contributed by atoms with Crippen molar-refractivity contribution < 1.29 is 17.7 Å². The van der Waals surface area contributed by atoms with Crippen molar-refractivity contribution in [2.45, 2.75) is 44.8 Å². The van der Waals surface area contributed by atoms with Crippen LogP contribution in [0.4, 0.5) is 5.82 Å². The maximum atomic E-state index is 12.9. The molecule has 0 radical (unpaired) electrons. The number of sulfonamides is 1. The van der Waals surface area contributed by atoms with Crippen molar-refractivity contribution in [2.24, 2.45) is 0 Å². The topological polar surface area (TPSA) is 94.3 Å². The highest BCUT2D eigenvalue weighted by molar-refractivity contribution is 7.92. The third-order valence-electron chi connectivity index (χ3n) is 5.09. The van der Waals surface area contributed by atoms with Gasteiger partial charge in [-0.15, -0.1) is 0 Å². The van der Waals surface area contributed by atoms with Gasteiger partial charge < -0.3 is 9.26 Å². The van der Waals surface area contributed by atoms with Crippen LogP contribution in [0, 0.1) is 25.7 Å².